The van der Waals surface area contributed by atoms with Crippen molar-refractivity contribution in [3.05, 3.63) is 0 Å². The van der Waals surface area contributed by atoms with Crippen molar-refractivity contribution in [2.75, 3.05) is 45.9 Å². The Morgan fingerprint density at radius 2 is 2.05 bits per heavy atom. The van der Waals surface area contributed by atoms with Gasteiger partial charge in [-0.1, -0.05) is 13.8 Å². The van der Waals surface area contributed by atoms with Crippen LogP contribution in [0.1, 0.15) is 26.7 Å². The molecule has 21 heavy (non-hydrogen) atoms. The fourth-order valence-electron chi connectivity index (χ4n) is 2.91. The topological polar surface area (TPSA) is 61.9 Å². The average Bonchev–Trinajstić information content (AvgIpc) is 2.63. The summed E-state index contributed by atoms with van der Waals surface area (Å²) < 4.78 is 5.28. The van der Waals surface area contributed by atoms with Crippen molar-refractivity contribution in [3.63, 3.8) is 0 Å². The lowest BCUT2D eigenvalue weighted by molar-refractivity contribution is -0.138. The third kappa shape index (κ3) is 4.68. The van der Waals surface area contributed by atoms with Gasteiger partial charge in [0.15, 0.2) is 0 Å². The SMILES string of the molecule is CC(C)C[C@@H]1C(=O)NCCCN1CC(=O)N1CCOCC1. The van der Waals surface area contributed by atoms with Gasteiger partial charge in [0, 0.05) is 26.2 Å². The van der Waals surface area contributed by atoms with Crippen molar-refractivity contribution in [3.8, 4) is 0 Å². The highest BCUT2D eigenvalue weighted by atomic mass is 16.5. The first-order valence-corrected chi connectivity index (χ1v) is 7.95. The third-order valence-electron chi connectivity index (χ3n) is 4.06. The minimum Gasteiger partial charge on any atom is -0.378 e. The molecule has 120 valence electrons. The summed E-state index contributed by atoms with van der Waals surface area (Å²) in [5.74, 6) is 0.609. The molecule has 0 aromatic carbocycles. The second-order valence-corrected chi connectivity index (χ2v) is 6.25. The lowest BCUT2D eigenvalue weighted by Gasteiger charge is -2.32. The van der Waals surface area contributed by atoms with Crippen molar-refractivity contribution in [2.24, 2.45) is 5.92 Å². The molecule has 2 rings (SSSR count). The highest BCUT2D eigenvalue weighted by molar-refractivity contribution is 5.84. The molecule has 0 aromatic rings. The van der Waals surface area contributed by atoms with Crippen molar-refractivity contribution in [1.82, 2.24) is 15.1 Å². The Bertz CT molecular complexity index is 367. The summed E-state index contributed by atoms with van der Waals surface area (Å²) in [5, 5.41) is 2.96. The van der Waals surface area contributed by atoms with Crippen LogP contribution in [0.3, 0.4) is 0 Å². The van der Waals surface area contributed by atoms with E-state index < -0.39 is 0 Å². The third-order valence-corrected chi connectivity index (χ3v) is 4.06. The Labute approximate surface area is 126 Å². The smallest absolute Gasteiger partial charge is 0.237 e. The number of ether oxygens (including phenoxy) is 1. The molecule has 0 aliphatic carbocycles. The summed E-state index contributed by atoms with van der Waals surface area (Å²) in [6.07, 6.45) is 1.69. The number of carbonyl (C=O) groups is 2. The molecule has 2 fully saturated rings. The number of amides is 2. The van der Waals surface area contributed by atoms with Gasteiger partial charge in [-0.2, -0.15) is 0 Å². The Morgan fingerprint density at radius 1 is 1.33 bits per heavy atom. The van der Waals surface area contributed by atoms with E-state index in [0.717, 1.165) is 19.4 Å². The lowest BCUT2D eigenvalue weighted by Crippen LogP contribution is -2.51. The highest BCUT2D eigenvalue weighted by Crippen LogP contribution is 2.15. The molecule has 0 bridgehead atoms. The van der Waals surface area contributed by atoms with Crippen molar-refractivity contribution < 1.29 is 14.3 Å². The number of morpholine rings is 1. The first kappa shape index (κ1) is 16.2. The van der Waals surface area contributed by atoms with Gasteiger partial charge >= 0.3 is 0 Å². The predicted octanol–water partition coefficient (Wildman–Crippen LogP) is 0.0818. The maximum Gasteiger partial charge on any atom is 0.237 e. The predicted molar refractivity (Wildman–Crippen MR) is 79.8 cm³/mol. The summed E-state index contributed by atoms with van der Waals surface area (Å²) >= 11 is 0. The monoisotopic (exact) mass is 297 g/mol. The summed E-state index contributed by atoms with van der Waals surface area (Å²) in [7, 11) is 0. The zero-order valence-corrected chi connectivity index (χ0v) is 13.1. The molecule has 6 nitrogen and oxygen atoms in total. The van der Waals surface area contributed by atoms with Crippen LogP contribution in [0.4, 0.5) is 0 Å². The highest BCUT2D eigenvalue weighted by Gasteiger charge is 2.31. The van der Waals surface area contributed by atoms with Crippen molar-refractivity contribution in [1.29, 1.82) is 0 Å². The van der Waals surface area contributed by atoms with Crippen LogP contribution in [-0.2, 0) is 14.3 Å². The summed E-state index contributed by atoms with van der Waals surface area (Å²) in [5.41, 5.74) is 0. The lowest BCUT2D eigenvalue weighted by atomic mass is 10.0. The zero-order valence-electron chi connectivity index (χ0n) is 13.1. The van der Waals surface area contributed by atoms with Crippen LogP contribution in [0.5, 0.6) is 0 Å². The Balaban J connectivity index is 1.99. The second kappa shape index (κ2) is 7.75. The van der Waals surface area contributed by atoms with Crippen LogP contribution in [0.2, 0.25) is 0 Å². The molecule has 2 aliphatic rings. The molecule has 0 aromatic heterocycles. The molecule has 2 aliphatic heterocycles. The van der Waals surface area contributed by atoms with Gasteiger partial charge in [-0.25, -0.2) is 0 Å². The van der Waals surface area contributed by atoms with Crippen LogP contribution >= 0.6 is 0 Å². The van der Waals surface area contributed by atoms with Crippen LogP contribution in [0.15, 0.2) is 0 Å². The molecule has 1 atom stereocenters. The molecule has 0 saturated carbocycles. The first-order chi connectivity index (χ1) is 10.1. The Hall–Kier alpha value is -1.14. The standard InChI is InChI=1S/C15H27N3O3/c1-12(2)10-13-15(20)16-4-3-5-18(13)11-14(19)17-6-8-21-9-7-17/h12-13H,3-11H2,1-2H3,(H,16,20)/t13-/m1/s1. The molecule has 2 saturated heterocycles. The maximum atomic E-state index is 12.4. The first-order valence-electron chi connectivity index (χ1n) is 7.95. The Kier molecular flexibility index (Phi) is 5.99. The minimum absolute atomic E-state index is 0.0657. The van der Waals surface area contributed by atoms with Crippen molar-refractivity contribution >= 4 is 11.8 Å². The molecular weight excluding hydrogens is 270 g/mol. The van der Waals surface area contributed by atoms with E-state index in [-0.39, 0.29) is 17.9 Å². The minimum atomic E-state index is -0.183. The number of hydrogen-bond acceptors (Lipinski definition) is 4. The summed E-state index contributed by atoms with van der Waals surface area (Å²) in [6, 6.07) is -0.183. The number of hydrogen-bond donors (Lipinski definition) is 1. The molecular formula is C15H27N3O3. The van der Waals surface area contributed by atoms with Gasteiger partial charge in [0.25, 0.3) is 0 Å². The van der Waals surface area contributed by atoms with E-state index in [1.54, 1.807) is 0 Å². The van der Waals surface area contributed by atoms with Crippen LogP contribution in [0.25, 0.3) is 0 Å². The number of nitrogens with one attached hydrogen (secondary N) is 1. The molecule has 2 amide bonds. The van der Waals surface area contributed by atoms with E-state index in [1.807, 2.05) is 4.90 Å². The maximum absolute atomic E-state index is 12.4. The van der Waals surface area contributed by atoms with Gasteiger partial charge in [-0.05, 0) is 18.8 Å². The van der Waals surface area contributed by atoms with E-state index in [9.17, 15) is 9.59 Å². The zero-order chi connectivity index (χ0) is 15.2. The van der Waals surface area contributed by atoms with Gasteiger partial charge < -0.3 is 15.0 Å². The van der Waals surface area contributed by atoms with Gasteiger partial charge in [-0.3, -0.25) is 14.5 Å². The molecule has 0 radical (unpaired) electrons. The van der Waals surface area contributed by atoms with Crippen LogP contribution < -0.4 is 5.32 Å². The van der Waals surface area contributed by atoms with E-state index in [4.69, 9.17) is 4.74 Å². The number of carbonyl (C=O) groups excluding carboxylic acids is 2. The number of nitrogens with zero attached hydrogens (tertiary/aromatic N) is 2. The fourth-order valence-corrected chi connectivity index (χ4v) is 2.91. The largest absolute Gasteiger partial charge is 0.378 e. The van der Waals surface area contributed by atoms with Gasteiger partial charge in [0.1, 0.15) is 0 Å². The van der Waals surface area contributed by atoms with Crippen LogP contribution in [-0.4, -0.2) is 73.6 Å². The number of rotatable bonds is 4. The Morgan fingerprint density at radius 3 is 2.71 bits per heavy atom. The van der Waals surface area contributed by atoms with Crippen LogP contribution in [0, 0.1) is 5.92 Å². The quantitative estimate of drug-likeness (QED) is 0.798. The fraction of sp³-hybridized carbons (Fsp3) is 0.867. The van der Waals surface area contributed by atoms with Gasteiger partial charge in [0.05, 0.1) is 25.8 Å². The normalized spacial score (nSPS) is 24.8. The van der Waals surface area contributed by atoms with E-state index >= 15 is 0 Å². The van der Waals surface area contributed by atoms with Gasteiger partial charge in [0.2, 0.25) is 11.8 Å². The second-order valence-electron chi connectivity index (χ2n) is 6.25. The van der Waals surface area contributed by atoms with E-state index in [1.165, 1.54) is 0 Å². The van der Waals surface area contributed by atoms with E-state index in [0.29, 0.717) is 45.3 Å². The summed E-state index contributed by atoms with van der Waals surface area (Å²) in [4.78, 5) is 28.5. The van der Waals surface area contributed by atoms with E-state index in [2.05, 4.69) is 24.1 Å². The molecule has 0 spiro atoms. The molecule has 6 heteroatoms. The van der Waals surface area contributed by atoms with Gasteiger partial charge in [-0.15, -0.1) is 0 Å². The summed E-state index contributed by atoms with van der Waals surface area (Å²) in [6.45, 7) is 8.61. The van der Waals surface area contributed by atoms with Crippen molar-refractivity contribution in [2.45, 2.75) is 32.7 Å². The molecule has 1 N–H and O–H groups in total. The molecule has 0 unspecified atom stereocenters. The molecule has 2 heterocycles. The average molecular weight is 297 g/mol.